The van der Waals surface area contributed by atoms with Gasteiger partial charge in [0.05, 0.1) is 32.6 Å². The van der Waals surface area contributed by atoms with E-state index in [4.69, 9.17) is 14.2 Å². The predicted octanol–water partition coefficient (Wildman–Crippen LogP) is 4.53. The minimum atomic E-state index is -0.161. The molecule has 0 unspecified atom stereocenters. The van der Waals surface area contributed by atoms with Crippen LogP contribution >= 0.6 is 0 Å². The number of fused-ring (bicyclic) bond motifs is 1. The maximum Gasteiger partial charge on any atom is 0.262 e. The molecule has 1 amide bonds. The molecular weight excluding hydrogens is 342 g/mol. The standard InChI is InChI=1S/C22H23NO4/c1-5-23(18-12-8-10-15-9-6-7-11-16(15)18)22(24)17-13-20(26-3)21(27-4)14-19(17)25-2/h6-14H,5H2,1-4H3. The van der Waals surface area contributed by atoms with Crippen molar-refractivity contribution in [2.45, 2.75) is 6.92 Å². The Kier molecular flexibility index (Phi) is 5.50. The van der Waals surface area contributed by atoms with E-state index in [1.165, 1.54) is 7.11 Å². The van der Waals surface area contributed by atoms with Gasteiger partial charge < -0.3 is 19.1 Å². The van der Waals surface area contributed by atoms with Crippen molar-refractivity contribution in [3.8, 4) is 17.2 Å². The lowest BCUT2D eigenvalue weighted by molar-refractivity contribution is 0.0985. The molecule has 0 radical (unpaired) electrons. The molecule has 0 saturated heterocycles. The summed E-state index contributed by atoms with van der Waals surface area (Å²) in [7, 11) is 4.63. The zero-order chi connectivity index (χ0) is 19.4. The first-order valence-electron chi connectivity index (χ1n) is 8.74. The maximum absolute atomic E-state index is 13.4. The molecule has 0 N–H and O–H groups in total. The number of carbonyl (C=O) groups is 1. The summed E-state index contributed by atoms with van der Waals surface area (Å²) in [4.78, 5) is 15.2. The number of nitrogens with zero attached hydrogens (tertiary/aromatic N) is 1. The molecule has 0 aliphatic carbocycles. The normalized spacial score (nSPS) is 10.5. The zero-order valence-electron chi connectivity index (χ0n) is 16.0. The number of hydrogen-bond donors (Lipinski definition) is 0. The van der Waals surface area contributed by atoms with Gasteiger partial charge in [-0.2, -0.15) is 0 Å². The summed E-state index contributed by atoms with van der Waals surface area (Å²) in [5.74, 6) is 1.28. The van der Waals surface area contributed by atoms with E-state index in [0.717, 1.165) is 16.5 Å². The van der Waals surface area contributed by atoms with E-state index < -0.39 is 0 Å². The van der Waals surface area contributed by atoms with E-state index in [1.54, 1.807) is 31.3 Å². The number of anilines is 1. The third kappa shape index (κ3) is 3.40. The number of benzene rings is 3. The van der Waals surface area contributed by atoms with Gasteiger partial charge in [0.25, 0.3) is 5.91 Å². The van der Waals surface area contributed by atoms with Crippen LogP contribution in [0.15, 0.2) is 54.6 Å². The molecule has 5 heteroatoms. The highest BCUT2D eigenvalue weighted by molar-refractivity contribution is 6.12. The third-order valence-electron chi connectivity index (χ3n) is 4.55. The Hall–Kier alpha value is -3.21. The van der Waals surface area contributed by atoms with Gasteiger partial charge in [-0.25, -0.2) is 0 Å². The fourth-order valence-corrected chi connectivity index (χ4v) is 3.21. The van der Waals surface area contributed by atoms with Crippen molar-refractivity contribution in [3.63, 3.8) is 0 Å². The van der Waals surface area contributed by atoms with Crippen molar-refractivity contribution in [1.29, 1.82) is 0 Å². The van der Waals surface area contributed by atoms with Crippen LogP contribution in [0.5, 0.6) is 17.2 Å². The first-order valence-corrected chi connectivity index (χ1v) is 8.74. The van der Waals surface area contributed by atoms with Crippen molar-refractivity contribution in [3.05, 3.63) is 60.2 Å². The van der Waals surface area contributed by atoms with Crippen molar-refractivity contribution in [1.82, 2.24) is 0 Å². The average Bonchev–Trinajstić information content (AvgIpc) is 2.73. The molecule has 0 aliphatic rings. The smallest absolute Gasteiger partial charge is 0.262 e. The van der Waals surface area contributed by atoms with E-state index in [-0.39, 0.29) is 5.91 Å². The minimum Gasteiger partial charge on any atom is -0.496 e. The van der Waals surface area contributed by atoms with E-state index in [2.05, 4.69) is 0 Å². The average molecular weight is 365 g/mol. The van der Waals surface area contributed by atoms with Gasteiger partial charge in [0.2, 0.25) is 0 Å². The molecule has 0 bridgehead atoms. The fourth-order valence-electron chi connectivity index (χ4n) is 3.21. The van der Waals surface area contributed by atoms with Gasteiger partial charge in [0.1, 0.15) is 5.75 Å². The summed E-state index contributed by atoms with van der Waals surface area (Å²) < 4.78 is 16.1. The molecule has 27 heavy (non-hydrogen) atoms. The van der Waals surface area contributed by atoms with E-state index >= 15 is 0 Å². The lowest BCUT2D eigenvalue weighted by Crippen LogP contribution is -2.31. The highest BCUT2D eigenvalue weighted by Gasteiger charge is 2.24. The lowest BCUT2D eigenvalue weighted by atomic mass is 10.1. The van der Waals surface area contributed by atoms with Crippen LogP contribution in [0.1, 0.15) is 17.3 Å². The van der Waals surface area contributed by atoms with Gasteiger partial charge in [-0.1, -0.05) is 36.4 Å². The molecule has 0 aromatic heterocycles. The Morgan fingerprint density at radius 2 is 1.48 bits per heavy atom. The molecule has 0 fully saturated rings. The van der Waals surface area contributed by atoms with Gasteiger partial charge in [-0.05, 0) is 18.4 Å². The highest BCUT2D eigenvalue weighted by atomic mass is 16.5. The third-order valence-corrected chi connectivity index (χ3v) is 4.55. The summed E-state index contributed by atoms with van der Waals surface area (Å²) >= 11 is 0. The van der Waals surface area contributed by atoms with E-state index in [1.807, 2.05) is 49.4 Å². The van der Waals surface area contributed by atoms with Crippen LogP contribution in [0.4, 0.5) is 5.69 Å². The van der Waals surface area contributed by atoms with Crippen molar-refractivity contribution in [2.24, 2.45) is 0 Å². The highest BCUT2D eigenvalue weighted by Crippen LogP contribution is 2.36. The van der Waals surface area contributed by atoms with Crippen LogP contribution in [0.25, 0.3) is 10.8 Å². The van der Waals surface area contributed by atoms with Gasteiger partial charge in [0, 0.05) is 24.1 Å². The second kappa shape index (κ2) is 7.99. The number of carbonyl (C=O) groups excluding carboxylic acids is 1. The monoisotopic (exact) mass is 365 g/mol. The molecule has 5 nitrogen and oxygen atoms in total. The first kappa shape index (κ1) is 18.6. The van der Waals surface area contributed by atoms with Crippen LogP contribution in [-0.4, -0.2) is 33.8 Å². The fraction of sp³-hybridized carbons (Fsp3) is 0.227. The van der Waals surface area contributed by atoms with Crippen LogP contribution in [0, 0.1) is 0 Å². The topological polar surface area (TPSA) is 48.0 Å². The van der Waals surface area contributed by atoms with Crippen LogP contribution < -0.4 is 19.1 Å². The van der Waals surface area contributed by atoms with Crippen molar-refractivity contribution < 1.29 is 19.0 Å². The second-order valence-corrected chi connectivity index (χ2v) is 5.96. The quantitative estimate of drug-likeness (QED) is 0.644. The van der Waals surface area contributed by atoms with Crippen LogP contribution in [-0.2, 0) is 0 Å². The molecule has 140 valence electrons. The first-order chi connectivity index (χ1) is 13.1. The molecule has 0 heterocycles. The summed E-state index contributed by atoms with van der Waals surface area (Å²) in [6.07, 6.45) is 0. The Morgan fingerprint density at radius 3 is 2.15 bits per heavy atom. The maximum atomic E-state index is 13.4. The van der Waals surface area contributed by atoms with E-state index in [9.17, 15) is 4.79 Å². The lowest BCUT2D eigenvalue weighted by Gasteiger charge is -2.24. The van der Waals surface area contributed by atoms with Crippen LogP contribution in [0.3, 0.4) is 0 Å². The molecule has 3 aromatic carbocycles. The summed E-state index contributed by atoms with van der Waals surface area (Å²) in [5.41, 5.74) is 1.28. The van der Waals surface area contributed by atoms with Gasteiger partial charge in [-0.15, -0.1) is 0 Å². The van der Waals surface area contributed by atoms with Gasteiger partial charge in [0.15, 0.2) is 11.5 Å². The molecule has 0 aliphatic heterocycles. The number of rotatable bonds is 6. The predicted molar refractivity (Wildman–Crippen MR) is 107 cm³/mol. The number of ether oxygens (including phenoxy) is 3. The SMILES string of the molecule is CCN(C(=O)c1cc(OC)c(OC)cc1OC)c1cccc2ccccc12. The summed E-state index contributed by atoms with van der Waals surface area (Å²) in [6.45, 7) is 2.47. The van der Waals surface area contributed by atoms with Crippen molar-refractivity contribution in [2.75, 3.05) is 32.8 Å². The van der Waals surface area contributed by atoms with Crippen LogP contribution in [0.2, 0.25) is 0 Å². The van der Waals surface area contributed by atoms with E-state index in [0.29, 0.717) is 29.4 Å². The zero-order valence-corrected chi connectivity index (χ0v) is 16.0. The Morgan fingerprint density at radius 1 is 0.852 bits per heavy atom. The molecule has 0 atom stereocenters. The number of amides is 1. The molecule has 3 aromatic rings. The molecular formula is C22H23NO4. The molecule has 0 spiro atoms. The van der Waals surface area contributed by atoms with Crippen molar-refractivity contribution >= 4 is 22.4 Å². The Bertz CT molecular complexity index is 962. The second-order valence-electron chi connectivity index (χ2n) is 5.96. The molecule has 0 saturated carbocycles. The molecule has 3 rings (SSSR count). The number of hydrogen-bond acceptors (Lipinski definition) is 4. The summed E-state index contributed by atoms with van der Waals surface area (Å²) in [5, 5.41) is 2.11. The van der Waals surface area contributed by atoms with Gasteiger partial charge in [-0.3, -0.25) is 4.79 Å². The van der Waals surface area contributed by atoms with Gasteiger partial charge >= 0.3 is 0 Å². The Balaban J connectivity index is 2.12. The Labute approximate surface area is 159 Å². The summed E-state index contributed by atoms with van der Waals surface area (Å²) in [6, 6.07) is 17.3. The number of methoxy groups -OCH3 is 3. The minimum absolute atomic E-state index is 0.161. The largest absolute Gasteiger partial charge is 0.496 e.